The molecule has 0 aliphatic rings. The highest BCUT2D eigenvalue weighted by atomic mass is 16.6. The second kappa shape index (κ2) is 7.74. The third kappa shape index (κ3) is 4.67. The third-order valence-corrected chi connectivity index (χ3v) is 2.95. The molecule has 2 aromatic carbocycles. The van der Waals surface area contributed by atoms with E-state index in [0.717, 1.165) is 0 Å². The van der Waals surface area contributed by atoms with E-state index in [0.29, 0.717) is 23.6 Å². The second-order valence-electron chi connectivity index (χ2n) is 4.60. The number of hydrogen-bond donors (Lipinski definition) is 1. The molecule has 0 unspecified atom stereocenters. The fourth-order valence-corrected chi connectivity index (χ4v) is 1.94. The van der Waals surface area contributed by atoms with Crippen LogP contribution in [-0.2, 0) is 4.79 Å². The maximum absolute atomic E-state index is 12.0. The molecule has 0 saturated carbocycles. The Kier molecular flexibility index (Phi) is 5.46. The minimum Gasteiger partial charge on any atom is -0.492 e. The van der Waals surface area contributed by atoms with E-state index in [1.165, 1.54) is 24.3 Å². The SMILES string of the molecule is CCOc1ccccc1NC(=O)C=Cc1cccc([N+](=O)[O-])c1. The van der Waals surface area contributed by atoms with Gasteiger partial charge in [0.2, 0.25) is 5.91 Å². The second-order valence-corrected chi connectivity index (χ2v) is 4.60. The van der Waals surface area contributed by atoms with E-state index in [1.807, 2.05) is 13.0 Å². The monoisotopic (exact) mass is 312 g/mol. The lowest BCUT2D eigenvalue weighted by molar-refractivity contribution is -0.384. The van der Waals surface area contributed by atoms with Gasteiger partial charge in [0.05, 0.1) is 17.2 Å². The molecule has 0 atom stereocenters. The maximum Gasteiger partial charge on any atom is 0.270 e. The molecule has 118 valence electrons. The fraction of sp³-hybridized carbons (Fsp3) is 0.118. The lowest BCUT2D eigenvalue weighted by Crippen LogP contribution is -2.09. The van der Waals surface area contributed by atoms with Gasteiger partial charge in [-0.3, -0.25) is 14.9 Å². The quantitative estimate of drug-likeness (QED) is 0.501. The topological polar surface area (TPSA) is 81.5 Å². The van der Waals surface area contributed by atoms with Gasteiger partial charge in [-0.25, -0.2) is 0 Å². The van der Waals surface area contributed by atoms with Crippen LogP contribution < -0.4 is 10.1 Å². The number of amides is 1. The normalized spacial score (nSPS) is 10.5. The number of benzene rings is 2. The Balaban J connectivity index is 2.08. The zero-order chi connectivity index (χ0) is 16.7. The minimum absolute atomic E-state index is 0.0192. The number of carbonyl (C=O) groups excluding carboxylic acids is 1. The molecule has 23 heavy (non-hydrogen) atoms. The Morgan fingerprint density at radius 1 is 1.26 bits per heavy atom. The summed E-state index contributed by atoms with van der Waals surface area (Å²) in [6.45, 7) is 2.36. The number of rotatable bonds is 6. The number of anilines is 1. The first-order valence-electron chi connectivity index (χ1n) is 7.05. The largest absolute Gasteiger partial charge is 0.492 e. The summed E-state index contributed by atoms with van der Waals surface area (Å²) in [4.78, 5) is 22.2. The van der Waals surface area contributed by atoms with Crippen molar-refractivity contribution in [2.45, 2.75) is 6.92 Å². The number of nitro benzene ring substituents is 1. The van der Waals surface area contributed by atoms with E-state index >= 15 is 0 Å². The zero-order valence-corrected chi connectivity index (χ0v) is 12.6. The summed E-state index contributed by atoms with van der Waals surface area (Å²) in [5.41, 5.74) is 1.13. The summed E-state index contributed by atoms with van der Waals surface area (Å²) in [6, 6.07) is 13.2. The lowest BCUT2D eigenvalue weighted by atomic mass is 10.2. The number of carbonyl (C=O) groups is 1. The molecular formula is C17H16N2O4. The molecule has 0 aromatic heterocycles. The Labute approximate surface area is 133 Å². The number of nitro groups is 1. The average molecular weight is 312 g/mol. The molecule has 0 fully saturated rings. The zero-order valence-electron chi connectivity index (χ0n) is 12.6. The van der Waals surface area contributed by atoms with E-state index in [-0.39, 0.29) is 11.6 Å². The van der Waals surface area contributed by atoms with E-state index < -0.39 is 4.92 Å². The van der Waals surface area contributed by atoms with Gasteiger partial charge in [-0.15, -0.1) is 0 Å². The molecule has 2 rings (SSSR count). The van der Waals surface area contributed by atoms with Crippen LogP contribution in [0, 0.1) is 10.1 Å². The van der Waals surface area contributed by atoms with Crippen LogP contribution in [0.25, 0.3) is 6.08 Å². The predicted octanol–water partition coefficient (Wildman–Crippen LogP) is 3.65. The van der Waals surface area contributed by atoms with Crippen molar-refractivity contribution in [3.8, 4) is 5.75 Å². The van der Waals surface area contributed by atoms with E-state index in [1.54, 1.807) is 30.3 Å². The van der Waals surface area contributed by atoms with Gasteiger partial charge >= 0.3 is 0 Å². The van der Waals surface area contributed by atoms with Gasteiger partial charge in [0.15, 0.2) is 0 Å². The van der Waals surface area contributed by atoms with Crippen molar-refractivity contribution in [2.75, 3.05) is 11.9 Å². The number of nitrogens with zero attached hydrogens (tertiary/aromatic N) is 1. The van der Waals surface area contributed by atoms with Gasteiger partial charge < -0.3 is 10.1 Å². The molecule has 6 nitrogen and oxygen atoms in total. The molecule has 0 radical (unpaired) electrons. The number of para-hydroxylation sites is 2. The number of nitrogens with one attached hydrogen (secondary N) is 1. The van der Waals surface area contributed by atoms with Crippen molar-refractivity contribution < 1.29 is 14.5 Å². The summed E-state index contributed by atoms with van der Waals surface area (Å²) in [7, 11) is 0. The van der Waals surface area contributed by atoms with Crippen molar-refractivity contribution >= 4 is 23.4 Å². The van der Waals surface area contributed by atoms with Gasteiger partial charge in [0.1, 0.15) is 5.75 Å². The van der Waals surface area contributed by atoms with Crippen molar-refractivity contribution in [3.05, 3.63) is 70.3 Å². The van der Waals surface area contributed by atoms with Crippen LogP contribution in [0.2, 0.25) is 0 Å². The van der Waals surface area contributed by atoms with Gasteiger partial charge in [-0.2, -0.15) is 0 Å². The molecule has 2 aromatic rings. The summed E-state index contributed by atoms with van der Waals surface area (Å²) in [5.74, 6) is 0.246. The minimum atomic E-state index is -0.476. The highest BCUT2D eigenvalue weighted by Gasteiger charge is 2.06. The van der Waals surface area contributed by atoms with Gasteiger partial charge in [-0.05, 0) is 30.7 Å². The molecule has 0 saturated heterocycles. The molecule has 1 amide bonds. The van der Waals surface area contributed by atoms with E-state index in [4.69, 9.17) is 4.74 Å². The number of non-ortho nitro benzene ring substituents is 1. The first-order valence-corrected chi connectivity index (χ1v) is 7.05. The van der Waals surface area contributed by atoms with E-state index in [2.05, 4.69) is 5.32 Å². The van der Waals surface area contributed by atoms with Gasteiger partial charge in [0.25, 0.3) is 5.69 Å². The highest BCUT2D eigenvalue weighted by molar-refractivity contribution is 6.02. The van der Waals surface area contributed by atoms with Crippen molar-refractivity contribution in [1.29, 1.82) is 0 Å². The van der Waals surface area contributed by atoms with Crippen molar-refractivity contribution in [2.24, 2.45) is 0 Å². The molecule has 0 heterocycles. The number of hydrogen-bond acceptors (Lipinski definition) is 4. The first-order chi connectivity index (χ1) is 11.1. The molecule has 0 spiro atoms. The Hall–Kier alpha value is -3.15. The molecule has 0 bridgehead atoms. The van der Waals surface area contributed by atoms with Crippen LogP contribution in [0.4, 0.5) is 11.4 Å². The van der Waals surface area contributed by atoms with Gasteiger partial charge in [0, 0.05) is 18.2 Å². The molecule has 6 heteroatoms. The first kappa shape index (κ1) is 16.2. The summed E-state index contributed by atoms with van der Waals surface area (Å²) < 4.78 is 5.43. The Morgan fingerprint density at radius 3 is 2.78 bits per heavy atom. The van der Waals surface area contributed by atoms with Crippen LogP contribution in [-0.4, -0.2) is 17.4 Å². The van der Waals surface area contributed by atoms with Crippen LogP contribution in [0.3, 0.4) is 0 Å². The van der Waals surface area contributed by atoms with Crippen LogP contribution in [0.5, 0.6) is 5.75 Å². The Morgan fingerprint density at radius 2 is 2.04 bits per heavy atom. The highest BCUT2D eigenvalue weighted by Crippen LogP contribution is 2.23. The standard InChI is InChI=1S/C17H16N2O4/c1-2-23-16-9-4-3-8-15(16)18-17(20)11-10-13-6-5-7-14(12-13)19(21)22/h3-12H,2H2,1H3,(H,18,20). The summed E-state index contributed by atoms with van der Waals surface area (Å²) >= 11 is 0. The smallest absolute Gasteiger partial charge is 0.270 e. The van der Waals surface area contributed by atoms with Gasteiger partial charge in [-0.1, -0.05) is 24.3 Å². The summed E-state index contributed by atoms with van der Waals surface area (Å²) in [6.07, 6.45) is 2.84. The molecule has 1 N–H and O–H groups in total. The van der Waals surface area contributed by atoms with Crippen molar-refractivity contribution in [1.82, 2.24) is 0 Å². The van der Waals surface area contributed by atoms with E-state index in [9.17, 15) is 14.9 Å². The third-order valence-electron chi connectivity index (χ3n) is 2.95. The summed E-state index contributed by atoms with van der Waals surface area (Å²) in [5, 5.41) is 13.4. The maximum atomic E-state index is 12.0. The van der Waals surface area contributed by atoms with Crippen LogP contribution >= 0.6 is 0 Å². The lowest BCUT2D eigenvalue weighted by Gasteiger charge is -2.09. The molecule has 0 aliphatic carbocycles. The Bertz CT molecular complexity index is 741. The molecular weight excluding hydrogens is 296 g/mol. The fourth-order valence-electron chi connectivity index (χ4n) is 1.94. The molecule has 0 aliphatic heterocycles. The van der Waals surface area contributed by atoms with Crippen LogP contribution in [0.15, 0.2) is 54.6 Å². The predicted molar refractivity (Wildman–Crippen MR) is 88.4 cm³/mol. The van der Waals surface area contributed by atoms with Crippen molar-refractivity contribution in [3.63, 3.8) is 0 Å². The van der Waals surface area contributed by atoms with Crippen LogP contribution in [0.1, 0.15) is 12.5 Å². The average Bonchev–Trinajstić information content (AvgIpc) is 2.55. The number of ether oxygens (including phenoxy) is 1.